The van der Waals surface area contributed by atoms with Crippen LogP contribution in [0.2, 0.25) is 0 Å². The zero-order valence-electron chi connectivity index (χ0n) is 19.9. The molecule has 1 atom stereocenters. The lowest BCUT2D eigenvalue weighted by Gasteiger charge is -2.34. The van der Waals surface area contributed by atoms with E-state index in [-0.39, 0.29) is 5.69 Å². The fraction of sp³-hybridized carbons (Fsp3) is 0.423. The van der Waals surface area contributed by atoms with Crippen LogP contribution in [0.4, 0.5) is 14.5 Å². The molecule has 33 heavy (non-hydrogen) atoms. The highest BCUT2D eigenvalue weighted by Crippen LogP contribution is 2.48. The van der Waals surface area contributed by atoms with Gasteiger partial charge in [0.05, 0.1) is 22.5 Å². The minimum atomic E-state index is -2.63. The number of likely N-dealkylation sites (N-methyl/N-ethyl adjacent to an activating group) is 1. The molecule has 0 saturated carbocycles. The summed E-state index contributed by atoms with van der Waals surface area (Å²) < 4.78 is 35.8. The van der Waals surface area contributed by atoms with Crippen LogP contribution in [-0.2, 0) is 16.1 Å². The van der Waals surface area contributed by atoms with E-state index in [4.69, 9.17) is 4.74 Å². The normalized spacial score (nSPS) is 14.9. The standard InChI is InChI=1S/C26H30F2N2O3/c1-14-7-9-16(10-8-14)20-17-13-18(24(27)28)30-12-11-29(6)21(22(17)30)15(2)19(20)23(25(31)32)33-26(3,4)5/h7-10,13,23-24H,11-12H2,1-6H3,(H,31,32)/t23-/m0/s1. The smallest absolute Gasteiger partial charge is 0.337 e. The molecule has 1 aliphatic rings. The van der Waals surface area contributed by atoms with Gasteiger partial charge in [0.15, 0.2) is 6.10 Å². The third kappa shape index (κ3) is 3.99. The maximum absolute atomic E-state index is 14.0. The second-order valence-corrected chi connectivity index (χ2v) is 9.78. The number of ether oxygens (including phenoxy) is 1. The summed E-state index contributed by atoms with van der Waals surface area (Å²) in [4.78, 5) is 14.5. The molecule has 2 heterocycles. The number of benzene rings is 2. The number of hydrogen-bond donors (Lipinski definition) is 1. The highest BCUT2D eigenvalue weighted by atomic mass is 19.3. The van der Waals surface area contributed by atoms with Gasteiger partial charge in [-0.05, 0) is 57.4 Å². The number of carboxylic acids is 1. The predicted molar refractivity (Wildman–Crippen MR) is 126 cm³/mol. The lowest BCUT2D eigenvalue weighted by atomic mass is 9.87. The average molecular weight is 457 g/mol. The summed E-state index contributed by atoms with van der Waals surface area (Å²) in [5.74, 6) is -1.11. The van der Waals surface area contributed by atoms with Gasteiger partial charge in [0.25, 0.3) is 6.43 Å². The third-order valence-electron chi connectivity index (χ3n) is 6.21. The number of carbonyl (C=O) groups is 1. The van der Waals surface area contributed by atoms with Gasteiger partial charge < -0.3 is 19.3 Å². The van der Waals surface area contributed by atoms with Crippen LogP contribution in [-0.4, -0.2) is 34.8 Å². The zero-order valence-corrected chi connectivity index (χ0v) is 19.9. The van der Waals surface area contributed by atoms with Gasteiger partial charge in [-0.2, -0.15) is 0 Å². The molecular weight excluding hydrogens is 426 g/mol. The molecule has 176 valence electrons. The Labute approximate surface area is 192 Å². The first-order valence-corrected chi connectivity index (χ1v) is 11.1. The molecule has 1 aliphatic heterocycles. The molecule has 0 fully saturated rings. The fourth-order valence-electron chi connectivity index (χ4n) is 4.85. The Bertz CT molecular complexity index is 1220. The molecule has 0 bridgehead atoms. The summed E-state index contributed by atoms with van der Waals surface area (Å²) >= 11 is 0. The van der Waals surface area contributed by atoms with Crippen LogP contribution in [0.25, 0.3) is 22.0 Å². The Kier molecular flexibility index (Phi) is 5.73. The molecule has 0 spiro atoms. The molecule has 0 unspecified atom stereocenters. The first-order chi connectivity index (χ1) is 15.4. The molecule has 0 amide bonds. The Morgan fingerprint density at radius 2 is 1.76 bits per heavy atom. The summed E-state index contributed by atoms with van der Waals surface area (Å²) in [6.45, 7) is 10.3. The molecule has 1 aromatic heterocycles. The second-order valence-electron chi connectivity index (χ2n) is 9.78. The topological polar surface area (TPSA) is 54.7 Å². The molecular formula is C26H30F2N2O3. The van der Waals surface area contributed by atoms with E-state index < -0.39 is 24.1 Å². The monoisotopic (exact) mass is 456 g/mol. The van der Waals surface area contributed by atoms with Gasteiger partial charge in [0.1, 0.15) is 0 Å². The maximum atomic E-state index is 14.0. The van der Waals surface area contributed by atoms with Gasteiger partial charge in [0.2, 0.25) is 0 Å². The van der Waals surface area contributed by atoms with Gasteiger partial charge in [-0.1, -0.05) is 29.8 Å². The van der Waals surface area contributed by atoms with Crippen molar-refractivity contribution in [1.82, 2.24) is 4.57 Å². The summed E-state index contributed by atoms with van der Waals surface area (Å²) in [6, 6.07) is 9.24. The predicted octanol–water partition coefficient (Wildman–Crippen LogP) is 6.25. The van der Waals surface area contributed by atoms with Crippen molar-refractivity contribution < 1.29 is 23.4 Å². The van der Waals surface area contributed by atoms with Gasteiger partial charge in [-0.3, -0.25) is 0 Å². The summed E-state index contributed by atoms with van der Waals surface area (Å²) in [6.07, 6.45) is -3.89. The van der Waals surface area contributed by atoms with Gasteiger partial charge in [-0.25, -0.2) is 13.6 Å². The number of halogens is 2. The van der Waals surface area contributed by atoms with Crippen molar-refractivity contribution >= 4 is 22.6 Å². The number of anilines is 1. The third-order valence-corrected chi connectivity index (χ3v) is 6.21. The van der Waals surface area contributed by atoms with Crippen LogP contribution in [0, 0.1) is 13.8 Å². The maximum Gasteiger partial charge on any atom is 0.337 e. The minimum absolute atomic E-state index is 0.0483. The van der Waals surface area contributed by atoms with Crippen LogP contribution in [0.3, 0.4) is 0 Å². The van der Waals surface area contributed by atoms with Crippen LogP contribution in [0.5, 0.6) is 0 Å². The number of carboxylic acid groups (broad SMARTS) is 1. The molecule has 4 rings (SSSR count). The molecule has 2 aromatic carbocycles. The Morgan fingerprint density at radius 1 is 1.12 bits per heavy atom. The lowest BCUT2D eigenvalue weighted by molar-refractivity contribution is -0.160. The van der Waals surface area contributed by atoms with Crippen molar-refractivity contribution in [3.63, 3.8) is 0 Å². The van der Waals surface area contributed by atoms with E-state index in [1.807, 2.05) is 70.8 Å². The number of aromatic nitrogens is 1. The minimum Gasteiger partial charge on any atom is -0.479 e. The van der Waals surface area contributed by atoms with Crippen LogP contribution >= 0.6 is 0 Å². The van der Waals surface area contributed by atoms with Crippen molar-refractivity contribution in [2.24, 2.45) is 0 Å². The zero-order chi connectivity index (χ0) is 24.2. The molecule has 1 N–H and O–H groups in total. The highest BCUT2D eigenvalue weighted by Gasteiger charge is 2.36. The van der Waals surface area contributed by atoms with Gasteiger partial charge >= 0.3 is 5.97 Å². The van der Waals surface area contributed by atoms with Crippen molar-refractivity contribution in [1.29, 1.82) is 0 Å². The van der Waals surface area contributed by atoms with E-state index in [2.05, 4.69) is 0 Å². The van der Waals surface area contributed by atoms with Gasteiger partial charge in [0, 0.05) is 31.1 Å². The summed E-state index contributed by atoms with van der Waals surface area (Å²) in [5, 5.41) is 10.9. The molecule has 0 saturated heterocycles. The Hall–Kier alpha value is -2.93. The molecule has 5 nitrogen and oxygen atoms in total. The highest BCUT2D eigenvalue weighted by molar-refractivity contribution is 6.07. The van der Waals surface area contributed by atoms with Crippen molar-refractivity contribution in [3.8, 4) is 11.1 Å². The molecule has 7 heteroatoms. The number of aliphatic carboxylic acids is 1. The lowest BCUT2D eigenvalue weighted by Crippen LogP contribution is -2.31. The average Bonchev–Trinajstić information content (AvgIpc) is 3.10. The summed E-state index contributed by atoms with van der Waals surface area (Å²) in [7, 11) is 1.91. The van der Waals surface area contributed by atoms with E-state index in [0.29, 0.717) is 29.6 Å². The van der Waals surface area contributed by atoms with E-state index in [1.165, 1.54) is 6.07 Å². The van der Waals surface area contributed by atoms with E-state index in [9.17, 15) is 18.7 Å². The number of rotatable bonds is 5. The van der Waals surface area contributed by atoms with Crippen LogP contribution in [0.15, 0.2) is 30.3 Å². The number of nitrogens with zero attached hydrogens (tertiary/aromatic N) is 2. The number of aryl methyl sites for hydroxylation is 1. The number of hydrogen-bond acceptors (Lipinski definition) is 3. The largest absolute Gasteiger partial charge is 0.479 e. The van der Waals surface area contributed by atoms with Crippen molar-refractivity contribution in [3.05, 3.63) is 52.7 Å². The molecule has 0 radical (unpaired) electrons. The quantitative estimate of drug-likeness (QED) is 0.493. The van der Waals surface area contributed by atoms with Crippen molar-refractivity contribution in [2.75, 3.05) is 18.5 Å². The summed E-state index contributed by atoms with van der Waals surface area (Å²) in [5.41, 5.74) is 4.43. The SMILES string of the molecule is Cc1ccc(-c2c([C@H](OC(C)(C)C)C(=O)O)c(C)c3c4c2cc(C(F)F)n4CCN3C)cc1. The second kappa shape index (κ2) is 8.13. The van der Waals surface area contributed by atoms with Crippen LogP contribution in [0.1, 0.15) is 55.7 Å². The van der Waals surface area contributed by atoms with E-state index >= 15 is 0 Å². The van der Waals surface area contributed by atoms with Gasteiger partial charge in [-0.15, -0.1) is 0 Å². The van der Waals surface area contributed by atoms with Crippen molar-refractivity contribution in [2.45, 2.75) is 59.3 Å². The fourth-order valence-corrected chi connectivity index (χ4v) is 4.85. The van der Waals surface area contributed by atoms with Crippen LogP contribution < -0.4 is 4.90 Å². The Balaban J connectivity index is 2.18. The first-order valence-electron chi connectivity index (χ1n) is 11.1. The van der Waals surface area contributed by atoms with E-state index in [1.54, 1.807) is 4.57 Å². The first kappa shape index (κ1) is 23.2. The molecule has 3 aromatic rings. The van der Waals surface area contributed by atoms with E-state index in [0.717, 1.165) is 27.9 Å². The molecule has 0 aliphatic carbocycles. The number of alkyl halides is 2. The Morgan fingerprint density at radius 3 is 2.30 bits per heavy atom.